The fourth-order valence-corrected chi connectivity index (χ4v) is 3.35. The number of para-hydroxylation sites is 1. The van der Waals surface area contributed by atoms with E-state index < -0.39 is 9.84 Å². The molecule has 7 heteroatoms. The van der Waals surface area contributed by atoms with Crippen molar-refractivity contribution in [2.75, 3.05) is 43.9 Å². The molecule has 0 aliphatic carbocycles. The Labute approximate surface area is 125 Å². The van der Waals surface area contributed by atoms with Crippen LogP contribution in [0.4, 0.5) is 10.5 Å². The summed E-state index contributed by atoms with van der Waals surface area (Å²) in [4.78, 5) is 15.9. The number of sulfone groups is 1. The Morgan fingerprint density at radius 3 is 2.38 bits per heavy atom. The monoisotopic (exact) mass is 311 g/mol. The van der Waals surface area contributed by atoms with E-state index in [1.807, 2.05) is 24.0 Å². The summed E-state index contributed by atoms with van der Waals surface area (Å²) >= 11 is 0. The van der Waals surface area contributed by atoms with Gasteiger partial charge in [-0.3, -0.25) is 0 Å². The number of anilines is 1. The maximum absolute atomic E-state index is 11.9. The molecular weight excluding hydrogens is 290 g/mol. The van der Waals surface area contributed by atoms with E-state index in [9.17, 15) is 13.2 Å². The highest BCUT2D eigenvalue weighted by molar-refractivity contribution is 7.90. The Balaban J connectivity index is 2.12. The molecule has 2 rings (SSSR count). The van der Waals surface area contributed by atoms with Gasteiger partial charge >= 0.3 is 6.03 Å². The number of urea groups is 1. The molecule has 1 aliphatic rings. The molecule has 1 N–H and O–H groups in total. The summed E-state index contributed by atoms with van der Waals surface area (Å²) in [5, 5.41) is 2.78. The first-order valence-electron chi connectivity index (χ1n) is 7.00. The number of carbonyl (C=O) groups is 1. The Kier molecular flexibility index (Phi) is 4.72. The lowest BCUT2D eigenvalue weighted by atomic mass is 10.2. The van der Waals surface area contributed by atoms with Crippen LogP contribution in [0, 0.1) is 0 Å². The molecule has 6 nitrogen and oxygen atoms in total. The topological polar surface area (TPSA) is 69.7 Å². The summed E-state index contributed by atoms with van der Waals surface area (Å²) in [5.74, 6) is 0. The second-order valence-corrected chi connectivity index (χ2v) is 7.03. The summed E-state index contributed by atoms with van der Waals surface area (Å²) < 4.78 is 23.7. The minimum absolute atomic E-state index is 0.0615. The van der Waals surface area contributed by atoms with Gasteiger partial charge in [-0.1, -0.05) is 12.1 Å². The number of carbonyl (C=O) groups excluding carboxylic acids is 1. The van der Waals surface area contributed by atoms with Crippen LogP contribution in [0.3, 0.4) is 0 Å². The van der Waals surface area contributed by atoms with Crippen LogP contribution in [0.5, 0.6) is 0 Å². The van der Waals surface area contributed by atoms with Gasteiger partial charge in [0.25, 0.3) is 0 Å². The molecule has 0 saturated carbocycles. The molecule has 1 heterocycles. The lowest BCUT2D eigenvalue weighted by Gasteiger charge is -2.36. The fourth-order valence-electron chi connectivity index (χ4n) is 2.45. The van der Waals surface area contributed by atoms with Gasteiger partial charge in [-0.2, -0.15) is 0 Å². The third kappa shape index (κ3) is 3.66. The number of rotatable bonds is 3. The minimum atomic E-state index is -3.26. The van der Waals surface area contributed by atoms with E-state index in [1.54, 1.807) is 17.0 Å². The predicted molar refractivity (Wildman–Crippen MR) is 82.4 cm³/mol. The van der Waals surface area contributed by atoms with E-state index >= 15 is 0 Å². The molecule has 1 saturated heterocycles. The number of benzene rings is 1. The second kappa shape index (κ2) is 6.34. The second-order valence-electron chi connectivity index (χ2n) is 5.05. The largest absolute Gasteiger partial charge is 0.367 e. The average molecular weight is 311 g/mol. The van der Waals surface area contributed by atoms with Crippen LogP contribution in [0.2, 0.25) is 0 Å². The number of nitrogens with zero attached hydrogens (tertiary/aromatic N) is 2. The molecule has 0 unspecified atom stereocenters. The summed E-state index contributed by atoms with van der Waals surface area (Å²) in [6.45, 7) is 4.92. The van der Waals surface area contributed by atoms with E-state index in [-0.39, 0.29) is 6.03 Å². The third-order valence-corrected chi connectivity index (χ3v) is 4.64. The van der Waals surface area contributed by atoms with Gasteiger partial charge in [-0.15, -0.1) is 0 Å². The number of amides is 2. The molecular formula is C14H21N3O3S. The van der Waals surface area contributed by atoms with Gasteiger partial charge in [0.1, 0.15) is 0 Å². The first-order valence-corrected chi connectivity index (χ1v) is 8.89. The van der Waals surface area contributed by atoms with Crippen molar-refractivity contribution in [3.63, 3.8) is 0 Å². The van der Waals surface area contributed by atoms with Gasteiger partial charge in [0.15, 0.2) is 9.84 Å². The maximum atomic E-state index is 11.9. The normalized spacial score (nSPS) is 15.9. The van der Waals surface area contributed by atoms with E-state index in [2.05, 4.69) is 5.32 Å². The van der Waals surface area contributed by atoms with Crippen LogP contribution in [-0.4, -0.2) is 58.3 Å². The van der Waals surface area contributed by atoms with Gasteiger partial charge in [0, 0.05) is 39.0 Å². The van der Waals surface area contributed by atoms with Crippen LogP contribution in [0.15, 0.2) is 29.2 Å². The third-order valence-electron chi connectivity index (χ3n) is 3.50. The molecule has 2 amide bonds. The maximum Gasteiger partial charge on any atom is 0.317 e. The van der Waals surface area contributed by atoms with Gasteiger partial charge in [0.05, 0.1) is 10.6 Å². The molecule has 0 spiro atoms. The Morgan fingerprint density at radius 1 is 1.19 bits per heavy atom. The lowest BCUT2D eigenvalue weighted by Crippen LogP contribution is -2.52. The van der Waals surface area contributed by atoms with Crippen molar-refractivity contribution in [3.05, 3.63) is 24.3 Å². The predicted octanol–water partition coefficient (Wildman–Crippen LogP) is 0.942. The van der Waals surface area contributed by atoms with Crippen molar-refractivity contribution >= 4 is 21.6 Å². The highest BCUT2D eigenvalue weighted by atomic mass is 32.2. The van der Waals surface area contributed by atoms with E-state index in [4.69, 9.17) is 0 Å². The highest BCUT2D eigenvalue weighted by Crippen LogP contribution is 2.25. The van der Waals surface area contributed by atoms with Crippen LogP contribution in [0.25, 0.3) is 0 Å². The molecule has 0 atom stereocenters. The Hall–Kier alpha value is -1.76. The van der Waals surface area contributed by atoms with Crippen molar-refractivity contribution in [1.82, 2.24) is 10.2 Å². The quantitative estimate of drug-likeness (QED) is 0.902. The van der Waals surface area contributed by atoms with Gasteiger partial charge < -0.3 is 15.1 Å². The van der Waals surface area contributed by atoms with Crippen molar-refractivity contribution in [2.45, 2.75) is 11.8 Å². The molecule has 21 heavy (non-hydrogen) atoms. The van der Waals surface area contributed by atoms with Crippen molar-refractivity contribution in [2.24, 2.45) is 0 Å². The molecule has 0 radical (unpaired) electrons. The zero-order valence-corrected chi connectivity index (χ0v) is 13.2. The summed E-state index contributed by atoms with van der Waals surface area (Å²) in [7, 11) is -3.26. The Morgan fingerprint density at radius 2 is 1.81 bits per heavy atom. The molecule has 1 aromatic carbocycles. The lowest BCUT2D eigenvalue weighted by molar-refractivity contribution is 0.195. The molecule has 116 valence electrons. The van der Waals surface area contributed by atoms with E-state index in [0.29, 0.717) is 37.6 Å². The molecule has 1 fully saturated rings. The van der Waals surface area contributed by atoms with Crippen molar-refractivity contribution in [1.29, 1.82) is 0 Å². The van der Waals surface area contributed by atoms with Crippen molar-refractivity contribution < 1.29 is 13.2 Å². The zero-order chi connectivity index (χ0) is 15.5. The standard InChI is InChI=1S/C14H21N3O3S/c1-3-15-14(18)17-10-8-16(9-11-17)12-6-4-5-7-13(12)21(2,19)20/h4-7H,3,8-11H2,1-2H3,(H,15,18). The fraction of sp³-hybridized carbons (Fsp3) is 0.500. The smallest absolute Gasteiger partial charge is 0.317 e. The van der Waals surface area contributed by atoms with Crippen LogP contribution >= 0.6 is 0 Å². The van der Waals surface area contributed by atoms with Crippen LogP contribution < -0.4 is 10.2 Å². The first kappa shape index (κ1) is 15.6. The van der Waals surface area contributed by atoms with Gasteiger partial charge in [-0.25, -0.2) is 13.2 Å². The Bertz CT molecular complexity index is 608. The van der Waals surface area contributed by atoms with Crippen LogP contribution in [0.1, 0.15) is 6.92 Å². The number of nitrogens with one attached hydrogen (secondary N) is 1. The SMILES string of the molecule is CCNC(=O)N1CCN(c2ccccc2S(C)(=O)=O)CC1. The average Bonchev–Trinajstić information content (AvgIpc) is 2.47. The van der Waals surface area contributed by atoms with Gasteiger partial charge in [-0.05, 0) is 19.1 Å². The summed E-state index contributed by atoms with van der Waals surface area (Å²) in [5.41, 5.74) is 0.718. The number of hydrogen-bond donors (Lipinski definition) is 1. The molecule has 0 aromatic heterocycles. The molecule has 0 bridgehead atoms. The number of hydrogen-bond acceptors (Lipinski definition) is 4. The summed E-state index contributed by atoms with van der Waals surface area (Å²) in [6.07, 6.45) is 1.22. The number of piperazine rings is 1. The summed E-state index contributed by atoms with van der Waals surface area (Å²) in [6, 6.07) is 6.94. The molecule has 1 aliphatic heterocycles. The minimum Gasteiger partial charge on any atom is -0.367 e. The zero-order valence-electron chi connectivity index (χ0n) is 12.4. The van der Waals surface area contributed by atoms with E-state index in [0.717, 1.165) is 5.69 Å². The molecule has 1 aromatic rings. The van der Waals surface area contributed by atoms with Crippen molar-refractivity contribution in [3.8, 4) is 0 Å². The van der Waals surface area contributed by atoms with Gasteiger partial charge in [0.2, 0.25) is 0 Å². The first-order chi connectivity index (χ1) is 9.93. The van der Waals surface area contributed by atoms with Crippen LogP contribution in [-0.2, 0) is 9.84 Å². The van der Waals surface area contributed by atoms with E-state index in [1.165, 1.54) is 6.26 Å². The highest BCUT2D eigenvalue weighted by Gasteiger charge is 2.24.